The van der Waals surface area contributed by atoms with E-state index in [1.807, 2.05) is 48.5 Å². The third-order valence-electron chi connectivity index (χ3n) is 2.97. The molecule has 2 rings (SSSR count). The molecule has 0 spiro atoms. The zero-order chi connectivity index (χ0) is 14.2. The Hall–Kier alpha value is -2.36. The minimum atomic E-state index is -0.399. The average Bonchev–Trinajstić information content (AvgIpc) is 2.50. The van der Waals surface area contributed by atoms with E-state index >= 15 is 0 Å². The number of nitrogens with one attached hydrogen (secondary N) is 1. The van der Waals surface area contributed by atoms with Crippen LogP contribution in [0.1, 0.15) is 24.1 Å². The predicted molar refractivity (Wildman–Crippen MR) is 77.5 cm³/mol. The summed E-state index contributed by atoms with van der Waals surface area (Å²) >= 11 is 0. The Kier molecular flexibility index (Phi) is 5.12. The molecule has 1 amide bonds. The van der Waals surface area contributed by atoms with Gasteiger partial charge in [0.15, 0.2) is 0 Å². The van der Waals surface area contributed by atoms with Crippen molar-refractivity contribution in [3.63, 3.8) is 0 Å². The highest BCUT2D eigenvalue weighted by molar-refractivity contribution is 5.67. The zero-order valence-electron chi connectivity index (χ0n) is 11.5. The van der Waals surface area contributed by atoms with Gasteiger partial charge in [-0.1, -0.05) is 36.4 Å². The van der Waals surface area contributed by atoms with Crippen molar-refractivity contribution in [2.75, 3.05) is 13.2 Å². The van der Waals surface area contributed by atoms with Gasteiger partial charge in [-0.2, -0.15) is 0 Å². The summed E-state index contributed by atoms with van der Waals surface area (Å²) in [4.78, 5) is 15.8. The second-order valence-electron chi connectivity index (χ2n) is 4.32. The summed E-state index contributed by atoms with van der Waals surface area (Å²) < 4.78 is 4.89. The number of carbonyl (C=O) groups excluding carboxylic acids is 1. The van der Waals surface area contributed by atoms with Crippen LogP contribution in [-0.4, -0.2) is 24.2 Å². The number of hydrogen-bond acceptors (Lipinski definition) is 3. The fraction of sp³-hybridized carbons (Fsp3) is 0.250. The number of rotatable bonds is 5. The van der Waals surface area contributed by atoms with Crippen molar-refractivity contribution in [3.8, 4) is 0 Å². The fourth-order valence-corrected chi connectivity index (χ4v) is 2.03. The third kappa shape index (κ3) is 3.82. The summed E-state index contributed by atoms with van der Waals surface area (Å²) in [5.74, 6) is 0.0156. The molecule has 1 heterocycles. The van der Waals surface area contributed by atoms with Gasteiger partial charge in [0.2, 0.25) is 0 Å². The molecule has 1 aromatic heterocycles. The quantitative estimate of drug-likeness (QED) is 0.908. The van der Waals surface area contributed by atoms with Gasteiger partial charge in [0.25, 0.3) is 0 Å². The maximum Gasteiger partial charge on any atom is 0.407 e. The molecule has 0 saturated carbocycles. The lowest BCUT2D eigenvalue weighted by Gasteiger charge is -2.17. The molecule has 0 aliphatic rings. The zero-order valence-corrected chi connectivity index (χ0v) is 11.5. The highest BCUT2D eigenvalue weighted by atomic mass is 16.5. The molecule has 0 bridgehead atoms. The van der Waals surface area contributed by atoms with E-state index in [9.17, 15) is 4.79 Å². The van der Waals surface area contributed by atoms with Gasteiger partial charge in [0.05, 0.1) is 6.61 Å². The molecular formula is C16H18N2O2. The van der Waals surface area contributed by atoms with Crippen molar-refractivity contribution in [1.82, 2.24) is 10.3 Å². The number of aromatic nitrogens is 1. The second kappa shape index (κ2) is 7.28. The van der Waals surface area contributed by atoms with E-state index in [1.165, 1.54) is 0 Å². The summed E-state index contributed by atoms with van der Waals surface area (Å²) in [6.07, 6.45) is 1.36. The van der Waals surface area contributed by atoms with Crippen molar-refractivity contribution in [2.24, 2.45) is 0 Å². The molecule has 20 heavy (non-hydrogen) atoms. The number of hydrogen-bond donors (Lipinski definition) is 1. The molecule has 0 fully saturated rings. The van der Waals surface area contributed by atoms with Crippen molar-refractivity contribution in [3.05, 3.63) is 66.0 Å². The van der Waals surface area contributed by atoms with Gasteiger partial charge in [-0.05, 0) is 24.6 Å². The lowest BCUT2D eigenvalue weighted by Crippen LogP contribution is -2.29. The second-order valence-corrected chi connectivity index (χ2v) is 4.32. The Morgan fingerprint density at radius 1 is 1.20 bits per heavy atom. The maximum absolute atomic E-state index is 11.5. The van der Waals surface area contributed by atoms with Crippen molar-refractivity contribution < 1.29 is 9.53 Å². The van der Waals surface area contributed by atoms with E-state index in [0.717, 1.165) is 11.3 Å². The molecule has 4 heteroatoms. The summed E-state index contributed by atoms with van der Waals surface area (Å²) in [5.41, 5.74) is 2.04. The van der Waals surface area contributed by atoms with Crippen LogP contribution in [0, 0.1) is 0 Å². The number of amides is 1. The van der Waals surface area contributed by atoms with Gasteiger partial charge in [-0.15, -0.1) is 0 Å². The Labute approximate surface area is 118 Å². The number of benzene rings is 1. The van der Waals surface area contributed by atoms with Crippen LogP contribution in [0.25, 0.3) is 0 Å². The van der Waals surface area contributed by atoms with E-state index in [-0.39, 0.29) is 5.92 Å². The Bertz CT molecular complexity index is 489. The van der Waals surface area contributed by atoms with Gasteiger partial charge in [-0.25, -0.2) is 4.79 Å². The standard InChI is InChI=1S/C16H18N2O2/c1-2-20-16(19)18-12-14(13-8-4-3-5-9-13)15-10-6-7-11-17-15/h3-11,14H,2,12H2,1H3,(H,18,19). The lowest BCUT2D eigenvalue weighted by molar-refractivity contribution is 0.152. The van der Waals surface area contributed by atoms with E-state index in [2.05, 4.69) is 10.3 Å². The minimum Gasteiger partial charge on any atom is -0.450 e. The first kappa shape index (κ1) is 14.1. The van der Waals surface area contributed by atoms with Crippen LogP contribution in [0.4, 0.5) is 4.79 Å². The molecule has 1 atom stereocenters. The molecule has 1 aromatic carbocycles. The summed E-state index contributed by atoms with van der Waals surface area (Å²) in [6, 6.07) is 15.8. The monoisotopic (exact) mass is 270 g/mol. The number of carbonyl (C=O) groups is 1. The minimum absolute atomic E-state index is 0.0156. The first-order chi connectivity index (χ1) is 9.81. The molecule has 2 aromatic rings. The van der Waals surface area contributed by atoms with Crippen molar-refractivity contribution in [2.45, 2.75) is 12.8 Å². The normalized spacial score (nSPS) is 11.7. The van der Waals surface area contributed by atoms with E-state index < -0.39 is 6.09 Å². The number of alkyl carbamates (subject to hydrolysis) is 1. The van der Waals surface area contributed by atoms with Crippen LogP contribution < -0.4 is 5.32 Å². The SMILES string of the molecule is CCOC(=O)NCC(c1ccccc1)c1ccccn1. The van der Waals surface area contributed by atoms with Crippen LogP contribution in [0.2, 0.25) is 0 Å². The maximum atomic E-state index is 11.5. The van der Waals surface area contributed by atoms with Gasteiger partial charge in [-0.3, -0.25) is 4.98 Å². The van der Waals surface area contributed by atoms with Crippen molar-refractivity contribution >= 4 is 6.09 Å². The highest BCUT2D eigenvalue weighted by Gasteiger charge is 2.16. The number of ether oxygens (including phenoxy) is 1. The molecule has 4 nitrogen and oxygen atoms in total. The third-order valence-corrected chi connectivity index (χ3v) is 2.97. The topological polar surface area (TPSA) is 51.2 Å². The van der Waals surface area contributed by atoms with Crippen LogP contribution in [0.5, 0.6) is 0 Å². The van der Waals surface area contributed by atoms with Gasteiger partial charge < -0.3 is 10.1 Å². The largest absolute Gasteiger partial charge is 0.450 e. The number of pyridine rings is 1. The molecule has 0 aliphatic heterocycles. The molecule has 0 aliphatic carbocycles. The van der Waals surface area contributed by atoms with Crippen LogP contribution in [0.3, 0.4) is 0 Å². The summed E-state index contributed by atoms with van der Waals surface area (Å²) in [6.45, 7) is 2.61. The lowest BCUT2D eigenvalue weighted by atomic mass is 9.95. The first-order valence-corrected chi connectivity index (χ1v) is 6.67. The Morgan fingerprint density at radius 3 is 2.60 bits per heavy atom. The molecule has 1 N–H and O–H groups in total. The molecular weight excluding hydrogens is 252 g/mol. The number of nitrogens with zero attached hydrogens (tertiary/aromatic N) is 1. The van der Waals surface area contributed by atoms with E-state index in [1.54, 1.807) is 13.1 Å². The predicted octanol–water partition coefficient (Wildman–Crippen LogP) is 2.96. The van der Waals surface area contributed by atoms with Crippen LogP contribution in [-0.2, 0) is 4.74 Å². The summed E-state index contributed by atoms with van der Waals surface area (Å²) in [5, 5.41) is 2.78. The van der Waals surface area contributed by atoms with Gasteiger partial charge >= 0.3 is 6.09 Å². The Morgan fingerprint density at radius 2 is 1.95 bits per heavy atom. The molecule has 104 valence electrons. The first-order valence-electron chi connectivity index (χ1n) is 6.67. The van der Waals surface area contributed by atoms with Gasteiger partial charge in [0, 0.05) is 24.4 Å². The molecule has 0 radical (unpaired) electrons. The molecule has 0 saturated heterocycles. The smallest absolute Gasteiger partial charge is 0.407 e. The van der Waals surface area contributed by atoms with Crippen LogP contribution in [0.15, 0.2) is 54.7 Å². The van der Waals surface area contributed by atoms with Gasteiger partial charge in [0.1, 0.15) is 0 Å². The Balaban J connectivity index is 2.15. The molecule has 1 unspecified atom stereocenters. The van der Waals surface area contributed by atoms with E-state index in [4.69, 9.17) is 4.74 Å². The highest BCUT2D eigenvalue weighted by Crippen LogP contribution is 2.21. The van der Waals surface area contributed by atoms with Crippen molar-refractivity contribution in [1.29, 1.82) is 0 Å². The summed E-state index contributed by atoms with van der Waals surface area (Å²) in [7, 11) is 0. The fourth-order valence-electron chi connectivity index (χ4n) is 2.03. The average molecular weight is 270 g/mol. The van der Waals surface area contributed by atoms with E-state index in [0.29, 0.717) is 13.2 Å². The van der Waals surface area contributed by atoms with Crippen LogP contribution >= 0.6 is 0 Å².